The molecule has 1 aromatic carbocycles. The van der Waals surface area contributed by atoms with Crippen LogP contribution in [0.1, 0.15) is 45.1 Å². The molecule has 0 saturated carbocycles. The Morgan fingerprint density at radius 1 is 1.30 bits per heavy atom. The number of rotatable bonds is 8. The van der Waals surface area contributed by atoms with Crippen LogP contribution >= 0.6 is 0 Å². The van der Waals surface area contributed by atoms with Crippen LogP contribution in [0.25, 0.3) is 0 Å². The number of ketones is 2. The van der Waals surface area contributed by atoms with Gasteiger partial charge in [-0.05, 0) is 44.4 Å². The molecule has 0 fully saturated rings. The molecule has 0 spiro atoms. The lowest BCUT2D eigenvalue weighted by Gasteiger charge is -2.18. The van der Waals surface area contributed by atoms with E-state index in [1.807, 2.05) is 6.92 Å². The number of hydrogen-bond acceptors (Lipinski definition) is 3. The molecule has 0 bridgehead atoms. The standard InChI is InChI=1S/C16H22FNO2/c1-4-5-16(20)15(9-7-12(3)19)18-13-8-6-11(2)14(17)10-13/h6,8,10,15,18H,4-5,7,9H2,1-3H3. The predicted octanol–water partition coefficient (Wildman–Crippen LogP) is 3.65. The highest BCUT2D eigenvalue weighted by molar-refractivity contribution is 5.87. The molecule has 1 unspecified atom stereocenters. The van der Waals surface area contributed by atoms with Gasteiger partial charge in [0.25, 0.3) is 0 Å². The molecule has 3 nitrogen and oxygen atoms in total. The lowest BCUT2D eigenvalue weighted by atomic mass is 10.0. The van der Waals surface area contributed by atoms with E-state index in [0.717, 1.165) is 6.42 Å². The summed E-state index contributed by atoms with van der Waals surface area (Å²) in [6.07, 6.45) is 2.02. The summed E-state index contributed by atoms with van der Waals surface area (Å²) >= 11 is 0. The molecule has 0 amide bonds. The Hall–Kier alpha value is -1.71. The maximum atomic E-state index is 13.5. The Morgan fingerprint density at radius 2 is 2.00 bits per heavy atom. The molecular formula is C16H22FNO2. The van der Waals surface area contributed by atoms with E-state index in [4.69, 9.17) is 0 Å². The fourth-order valence-electron chi connectivity index (χ4n) is 1.97. The van der Waals surface area contributed by atoms with Crippen LogP contribution in [0.5, 0.6) is 0 Å². The van der Waals surface area contributed by atoms with Crippen LogP contribution in [-0.4, -0.2) is 17.6 Å². The fourth-order valence-corrected chi connectivity index (χ4v) is 1.97. The summed E-state index contributed by atoms with van der Waals surface area (Å²) in [7, 11) is 0. The molecule has 110 valence electrons. The fraction of sp³-hybridized carbons (Fsp3) is 0.500. The molecule has 1 atom stereocenters. The predicted molar refractivity (Wildman–Crippen MR) is 78.4 cm³/mol. The van der Waals surface area contributed by atoms with Crippen LogP contribution in [0, 0.1) is 12.7 Å². The molecule has 0 heterocycles. The Labute approximate surface area is 119 Å². The van der Waals surface area contributed by atoms with Crippen molar-refractivity contribution in [2.24, 2.45) is 0 Å². The molecule has 0 radical (unpaired) electrons. The minimum Gasteiger partial charge on any atom is -0.375 e. The van der Waals surface area contributed by atoms with Gasteiger partial charge in [-0.1, -0.05) is 13.0 Å². The number of carbonyl (C=O) groups is 2. The molecule has 20 heavy (non-hydrogen) atoms. The lowest BCUT2D eigenvalue weighted by Crippen LogP contribution is -2.30. The number of carbonyl (C=O) groups excluding carboxylic acids is 2. The summed E-state index contributed by atoms with van der Waals surface area (Å²) in [6.45, 7) is 5.13. The molecule has 1 rings (SSSR count). The summed E-state index contributed by atoms with van der Waals surface area (Å²) in [5.74, 6) is -0.186. The van der Waals surface area contributed by atoms with Crippen molar-refractivity contribution in [3.8, 4) is 0 Å². The summed E-state index contributed by atoms with van der Waals surface area (Å²) in [5, 5.41) is 3.05. The van der Waals surface area contributed by atoms with Gasteiger partial charge in [0.1, 0.15) is 11.6 Å². The van der Waals surface area contributed by atoms with E-state index in [9.17, 15) is 14.0 Å². The Morgan fingerprint density at radius 3 is 2.55 bits per heavy atom. The number of benzene rings is 1. The summed E-state index contributed by atoms with van der Waals surface area (Å²) < 4.78 is 13.5. The van der Waals surface area contributed by atoms with Crippen LogP contribution in [-0.2, 0) is 9.59 Å². The largest absolute Gasteiger partial charge is 0.375 e. The number of hydrogen-bond donors (Lipinski definition) is 1. The van der Waals surface area contributed by atoms with Gasteiger partial charge in [-0.25, -0.2) is 4.39 Å². The Bertz CT molecular complexity index is 485. The number of anilines is 1. The first-order chi connectivity index (χ1) is 9.43. The van der Waals surface area contributed by atoms with Gasteiger partial charge in [-0.3, -0.25) is 4.79 Å². The van der Waals surface area contributed by atoms with Crippen LogP contribution in [0.3, 0.4) is 0 Å². The van der Waals surface area contributed by atoms with E-state index >= 15 is 0 Å². The van der Waals surface area contributed by atoms with Crippen LogP contribution in [0.2, 0.25) is 0 Å². The van der Waals surface area contributed by atoms with E-state index in [1.165, 1.54) is 13.0 Å². The zero-order valence-corrected chi connectivity index (χ0v) is 12.3. The zero-order chi connectivity index (χ0) is 15.1. The number of halogens is 1. The number of Topliss-reactive ketones (excluding diaryl/α,β-unsaturated/α-hetero) is 2. The van der Waals surface area contributed by atoms with Gasteiger partial charge in [0.15, 0.2) is 5.78 Å². The van der Waals surface area contributed by atoms with Gasteiger partial charge in [0.2, 0.25) is 0 Å². The number of aryl methyl sites for hydroxylation is 1. The van der Waals surface area contributed by atoms with Crippen molar-refractivity contribution in [1.29, 1.82) is 0 Å². The average molecular weight is 279 g/mol. The second-order valence-electron chi connectivity index (χ2n) is 5.12. The molecule has 0 aliphatic carbocycles. The topological polar surface area (TPSA) is 46.2 Å². The van der Waals surface area contributed by atoms with Crippen molar-refractivity contribution in [2.45, 2.75) is 52.5 Å². The van der Waals surface area contributed by atoms with Gasteiger partial charge >= 0.3 is 0 Å². The van der Waals surface area contributed by atoms with Crippen molar-refractivity contribution in [2.75, 3.05) is 5.32 Å². The molecule has 0 aliphatic heterocycles. The van der Waals surface area contributed by atoms with E-state index in [0.29, 0.717) is 30.5 Å². The van der Waals surface area contributed by atoms with Gasteiger partial charge < -0.3 is 10.1 Å². The molecule has 4 heteroatoms. The smallest absolute Gasteiger partial charge is 0.155 e. The Kier molecular flexibility index (Phi) is 6.36. The average Bonchev–Trinajstić information content (AvgIpc) is 2.38. The molecule has 1 N–H and O–H groups in total. The number of nitrogens with one attached hydrogen (secondary N) is 1. The molecular weight excluding hydrogens is 257 g/mol. The van der Waals surface area contributed by atoms with Crippen LogP contribution in [0.15, 0.2) is 18.2 Å². The molecule has 0 saturated heterocycles. The van der Waals surface area contributed by atoms with Crippen molar-refractivity contribution in [3.05, 3.63) is 29.6 Å². The second kappa shape index (κ2) is 7.78. The zero-order valence-electron chi connectivity index (χ0n) is 12.3. The first kappa shape index (κ1) is 16.3. The summed E-state index contributed by atoms with van der Waals surface area (Å²) in [6, 6.07) is 4.37. The van der Waals surface area contributed by atoms with Crippen LogP contribution < -0.4 is 5.32 Å². The van der Waals surface area contributed by atoms with Gasteiger partial charge in [0.05, 0.1) is 6.04 Å². The van der Waals surface area contributed by atoms with Gasteiger partial charge in [-0.2, -0.15) is 0 Å². The highest BCUT2D eigenvalue weighted by Crippen LogP contribution is 2.17. The second-order valence-corrected chi connectivity index (χ2v) is 5.12. The summed E-state index contributed by atoms with van der Waals surface area (Å²) in [4.78, 5) is 23.1. The maximum Gasteiger partial charge on any atom is 0.155 e. The minimum absolute atomic E-state index is 0.0520. The van der Waals surface area contributed by atoms with Crippen molar-refractivity contribution < 1.29 is 14.0 Å². The van der Waals surface area contributed by atoms with Crippen molar-refractivity contribution in [1.82, 2.24) is 0 Å². The van der Waals surface area contributed by atoms with E-state index in [-0.39, 0.29) is 17.4 Å². The lowest BCUT2D eigenvalue weighted by molar-refractivity contribution is -0.120. The van der Waals surface area contributed by atoms with Gasteiger partial charge in [0, 0.05) is 18.5 Å². The molecule has 0 aliphatic rings. The van der Waals surface area contributed by atoms with Gasteiger partial charge in [-0.15, -0.1) is 0 Å². The van der Waals surface area contributed by atoms with E-state index < -0.39 is 6.04 Å². The van der Waals surface area contributed by atoms with E-state index in [1.54, 1.807) is 19.1 Å². The summed E-state index contributed by atoms with van der Waals surface area (Å²) in [5.41, 5.74) is 1.14. The molecule has 1 aromatic rings. The van der Waals surface area contributed by atoms with Crippen molar-refractivity contribution in [3.63, 3.8) is 0 Å². The van der Waals surface area contributed by atoms with Crippen LogP contribution in [0.4, 0.5) is 10.1 Å². The minimum atomic E-state index is -0.430. The Balaban J connectivity index is 2.78. The first-order valence-electron chi connectivity index (χ1n) is 6.99. The highest BCUT2D eigenvalue weighted by atomic mass is 19.1. The quantitative estimate of drug-likeness (QED) is 0.790. The maximum absolute atomic E-state index is 13.5. The third-order valence-corrected chi connectivity index (χ3v) is 3.18. The SMILES string of the molecule is CCCC(=O)C(CCC(C)=O)Nc1ccc(C)c(F)c1. The first-order valence-corrected chi connectivity index (χ1v) is 6.99. The normalized spacial score (nSPS) is 12.0. The monoisotopic (exact) mass is 279 g/mol. The third kappa shape index (κ3) is 5.11. The highest BCUT2D eigenvalue weighted by Gasteiger charge is 2.18. The third-order valence-electron chi connectivity index (χ3n) is 3.18. The molecule has 0 aromatic heterocycles. The van der Waals surface area contributed by atoms with Crippen molar-refractivity contribution >= 4 is 17.3 Å². The van der Waals surface area contributed by atoms with E-state index in [2.05, 4.69) is 5.32 Å².